The number of furan rings is 1. The van der Waals surface area contributed by atoms with Crippen LogP contribution in [0.25, 0.3) is 49.4 Å². The van der Waals surface area contributed by atoms with Gasteiger partial charge in [-0.25, -0.2) is 0 Å². The van der Waals surface area contributed by atoms with Crippen LogP contribution in [0.4, 0.5) is 0 Å². The molecule has 2 aromatic heterocycles. The summed E-state index contributed by atoms with van der Waals surface area (Å²) in [6.07, 6.45) is 0.898. The second-order valence-electron chi connectivity index (χ2n) is 7.00. The van der Waals surface area contributed by atoms with Crippen LogP contribution in [0.3, 0.4) is 0 Å². The minimum absolute atomic E-state index is 0.667. The summed E-state index contributed by atoms with van der Waals surface area (Å²) in [6, 6.07) is 28.4. The van der Waals surface area contributed by atoms with Crippen LogP contribution >= 0.6 is 0 Å². The summed E-state index contributed by atoms with van der Waals surface area (Å²) >= 11 is 0. The molecule has 0 aliphatic rings. The topological polar surface area (TPSA) is 35.1 Å². The summed E-state index contributed by atoms with van der Waals surface area (Å²) in [5.41, 5.74) is 5.61. The highest BCUT2D eigenvalue weighted by atomic mass is 16.3. The van der Waals surface area contributed by atoms with Crippen molar-refractivity contribution in [3.05, 3.63) is 90.5 Å². The van der Waals surface area contributed by atoms with Crippen molar-refractivity contribution in [3.63, 3.8) is 0 Å². The van der Waals surface area contributed by atoms with Crippen LogP contribution in [0.5, 0.6) is 0 Å². The number of hydrogen-bond acceptors (Lipinski definition) is 2. The molecule has 0 saturated carbocycles. The van der Waals surface area contributed by atoms with E-state index in [1.807, 2.05) is 60.7 Å². The first-order valence-electron chi connectivity index (χ1n) is 9.24. The maximum absolute atomic E-state index is 11.4. The average molecular weight is 361 g/mol. The van der Waals surface area contributed by atoms with E-state index in [4.69, 9.17) is 4.42 Å². The summed E-state index contributed by atoms with van der Waals surface area (Å²) < 4.78 is 8.32. The van der Waals surface area contributed by atoms with Gasteiger partial charge in [-0.1, -0.05) is 48.5 Å². The first-order valence-corrected chi connectivity index (χ1v) is 9.24. The van der Waals surface area contributed by atoms with Crippen molar-refractivity contribution in [3.8, 4) is 5.69 Å². The van der Waals surface area contributed by atoms with Gasteiger partial charge < -0.3 is 8.98 Å². The van der Waals surface area contributed by atoms with Crippen molar-refractivity contribution in [2.45, 2.75) is 0 Å². The molecule has 0 amide bonds. The van der Waals surface area contributed by atoms with Gasteiger partial charge in [-0.2, -0.15) is 0 Å². The summed E-state index contributed by atoms with van der Waals surface area (Å²) in [5.74, 6) is 0. The molecule has 0 saturated heterocycles. The van der Waals surface area contributed by atoms with Gasteiger partial charge in [-0.3, -0.25) is 4.79 Å². The largest absolute Gasteiger partial charge is 0.456 e. The maximum atomic E-state index is 11.4. The molecule has 2 heterocycles. The van der Waals surface area contributed by atoms with E-state index < -0.39 is 0 Å². The Labute approximate surface area is 160 Å². The fourth-order valence-electron chi connectivity index (χ4n) is 4.27. The van der Waals surface area contributed by atoms with Gasteiger partial charge in [0.25, 0.3) is 0 Å². The van der Waals surface area contributed by atoms with Gasteiger partial charge in [-0.05, 0) is 36.4 Å². The van der Waals surface area contributed by atoms with Crippen LogP contribution in [0.2, 0.25) is 0 Å². The molecule has 4 aromatic carbocycles. The molecule has 0 bridgehead atoms. The predicted molar refractivity (Wildman–Crippen MR) is 113 cm³/mol. The fraction of sp³-hybridized carbons (Fsp3) is 0. The van der Waals surface area contributed by atoms with E-state index in [1.165, 1.54) is 0 Å². The Balaban J connectivity index is 1.91. The molecule has 0 atom stereocenters. The van der Waals surface area contributed by atoms with Crippen LogP contribution in [0.1, 0.15) is 10.4 Å². The molecule has 28 heavy (non-hydrogen) atoms. The Hall–Kier alpha value is -3.85. The first kappa shape index (κ1) is 15.2. The number of rotatable bonds is 2. The highest BCUT2D eigenvalue weighted by Gasteiger charge is 2.18. The highest BCUT2D eigenvalue weighted by Crippen LogP contribution is 2.41. The lowest BCUT2D eigenvalue weighted by Crippen LogP contribution is -1.93. The van der Waals surface area contributed by atoms with Crippen molar-refractivity contribution in [1.82, 2.24) is 4.57 Å². The molecule has 0 aliphatic carbocycles. The van der Waals surface area contributed by atoms with Gasteiger partial charge >= 0.3 is 0 Å². The summed E-state index contributed by atoms with van der Waals surface area (Å²) in [4.78, 5) is 11.4. The van der Waals surface area contributed by atoms with Gasteiger partial charge in [0.1, 0.15) is 17.5 Å². The molecule has 0 spiro atoms. The second kappa shape index (κ2) is 5.57. The average Bonchev–Trinajstić information content (AvgIpc) is 3.29. The molecular formula is C25H15NO2. The molecule has 6 rings (SSSR count). The lowest BCUT2D eigenvalue weighted by atomic mass is 10.0. The third kappa shape index (κ3) is 1.96. The Bertz CT molecular complexity index is 1520. The molecular weight excluding hydrogens is 346 g/mol. The molecule has 3 heteroatoms. The van der Waals surface area contributed by atoms with E-state index in [-0.39, 0.29) is 0 Å². The quantitative estimate of drug-likeness (QED) is 0.330. The van der Waals surface area contributed by atoms with Crippen molar-refractivity contribution in [2.75, 3.05) is 0 Å². The van der Waals surface area contributed by atoms with E-state index >= 15 is 0 Å². The Morgan fingerprint density at radius 2 is 1.50 bits per heavy atom. The summed E-state index contributed by atoms with van der Waals surface area (Å²) in [7, 11) is 0. The van der Waals surface area contributed by atoms with Crippen LogP contribution in [0, 0.1) is 0 Å². The lowest BCUT2D eigenvalue weighted by molar-refractivity contribution is 0.112. The molecule has 0 fully saturated rings. The normalized spacial score (nSPS) is 11.7. The van der Waals surface area contributed by atoms with Crippen LogP contribution in [0.15, 0.2) is 89.3 Å². The highest BCUT2D eigenvalue weighted by molar-refractivity contribution is 6.27. The molecule has 3 nitrogen and oxygen atoms in total. The third-order valence-electron chi connectivity index (χ3n) is 5.44. The second-order valence-corrected chi connectivity index (χ2v) is 7.00. The number of benzene rings is 4. The zero-order chi connectivity index (χ0) is 18.7. The predicted octanol–water partition coefficient (Wildman–Crippen LogP) is 6.50. The maximum Gasteiger partial charge on any atom is 0.150 e. The smallest absolute Gasteiger partial charge is 0.150 e. The number of para-hydroxylation sites is 2. The summed E-state index contributed by atoms with van der Waals surface area (Å²) in [5, 5.41) is 4.49. The van der Waals surface area contributed by atoms with Crippen LogP contribution in [-0.2, 0) is 0 Å². The van der Waals surface area contributed by atoms with E-state index in [9.17, 15) is 4.79 Å². The van der Waals surface area contributed by atoms with Gasteiger partial charge in [0.2, 0.25) is 0 Å². The lowest BCUT2D eigenvalue weighted by Gasteiger charge is -2.07. The van der Waals surface area contributed by atoms with Gasteiger partial charge in [-0.15, -0.1) is 0 Å². The van der Waals surface area contributed by atoms with Crippen LogP contribution in [-0.4, -0.2) is 10.9 Å². The van der Waals surface area contributed by atoms with Crippen LogP contribution < -0.4 is 0 Å². The number of aromatic nitrogens is 1. The molecule has 6 aromatic rings. The SMILES string of the molecule is O=Cc1ccc2c3c4c(ccc3n(-c3ccccc3)c2c1)oc1ccccc14. The summed E-state index contributed by atoms with van der Waals surface area (Å²) in [6.45, 7) is 0. The Morgan fingerprint density at radius 1 is 0.679 bits per heavy atom. The molecule has 0 unspecified atom stereocenters. The molecule has 132 valence electrons. The first-order chi connectivity index (χ1) is 13.8. The van der Waals surface area contributed by atoms with E-state index in [2.05, 4.69) is 28.8 Å². The number of carbonyl (C=O) groups excluding carboxylic acids is 1. The van der Waals surface area contributed by atoms with E-state index in [0.29, 0.717) is 5.56 Å². The van der Waals surface area contributed by atoms with E-state index in [1.54, 1.807) is 0 Å². The number of hydrogen-bond donors (Lipinski definition) is 0. The number of fused-ring (bicyclic) bond motifs is 7. The monoisotopic (exact) mass is 361 g/mol. The fourth-order valence-corrected chi connectivity index (χ4v) is 4.27. The van der Waals surface area contributed by atoms with Crippen molar-refractivity contribution in [1.29, 1.82) is 0 Å². The number of nitrogens with zero attached hydrogens (tertiary/aromatic N) is 1. The Kier molecular flexibility index (Phi) is 3.03. The Morgan fingerprint density at radius 3 is 2.36 bits per heavy atom. The number of aldehydes is 1. The van der Waals surface area contributed by atoms with E-state index in [0.717, 1.165) is 55.7 Å². The minimum atomic E-state index is 0.667. The van der Waals surface area contributed by atoms with Crippen molar-refractivity contribution < 1.29 is 9.21 Å². The minimum Gasteiger partial charge on any atom is -0.456 e. The molecule has 0 N–H and O–H groups in total. The van der Waals surface area contributed by atoms with Gasteiger partial charge in [0, 0.05) is 32.8 Å². The van der Waals surface area contributed by atoms with Gasteiger partial charge in [0.05, 0.1) is 11.0 Å². The molecule has 0 aliphatic heterocycles. The van der Waals surface area contributed by atoms with Gasteiger partial charge in [0.15, 0.2) is 0 Å². The zero-order valence-electron chi connectivity index (χ0n) is 14.9. The number of carbonyl (C=O) groups is 1. The standard InChI is InChI=1S/C25H15NO2/c27-15-16-10-11-18-21(14-16)26(17-6-2-1-3-7-17)20-12-13-23-25(24(18)20)19-8-4-5-9-22(19)28-23/h1-15H. The molecule has 0 radical (unpaired) electrons. The zero-order valence-corrected chi connectivity index (χ0v) is 14.9. The van der Waals surface area contributed by atoms with Crippen molar-refractivity contribution >= 4 is 50.0 Å². The third-order valence-corrected chi connectivity index (χ3v) is 5.44. The van der Waals surface area contributed by atoms with Crippen molar-refractivity contribution in [2.24, 2.45) is 0 Å².